The number of piperidine rings is 1. The molecule has 0 bridgehead atoms. The van der Waals surface area contributed by atoms with Gasteiger partial charge < -0.3 is 5.32 Å². The molecule has 3 rings (SSSR count). The van der Waals surface area contributed by atoms with E-state index in [-0.39, 0.29) is 16.6 Å². The summed E-state index contributed by atoms with van der Waals surface area (Å²) in [7, 11) is -3.57. The SMILES string of the molecule is CC1CC(C)CN(S(=O)(=O)c2ccc(C(=O)NCCc3ccccc3F)cc2)C1. The third kappa shape index (κ3) is 5.22. The second-order valence-electron chi connectivity index (χ2n) is 7.89. The first-order valence-corrected chi connectivity index (χ1v) is 11.3. The molecule has 2 aromatic rings. The van der Waals surface area contributed by atoms with E-state index < -0.39 is 10.0 Å². The van der Waals surface area contributed by atoms with Crippen LogP contribution < -0.4 is 5.32 Å². The molecule has 29 heavy (non-hydrogen) atoms. The number of benzene rings is 2. The fourth-order valence-corrected chi connectivity index (χ4v) is 5.52. The van der Waals surface area contributed by atoms with E-state index in [1.807, 2.05) is 0 Å². The highest BCUT2D eigenvalue weighted by molar-refractivity contribution is 7.89. The molecule has 0 saturated carbocycles. The largest absolute Gasteiger partial charge is 0.352 e. The summed E-state index contributed by atoms with van der Waals surface area (Å²) in [5.74, 6) is 0.0456. The summed E-state index contributed by atoms with van der Waals surface area (Å²) in [6.07, 6.45) is 1.41. The van der Waals surface area contributed by atoms with Crippen molar-refractivity contribution in [1.82, 2.24) is 9.62 Å². The van der Waals surface area contributed by atoms with Crippen molar-refractivity contribution in [2.45, 2.75) is 31.6 Å². The Labute approximate surface area is 172 Å². The van der Waals surface area contributed by atoms with Gasteiger partial charge in [0.25, 0.3) is 5.91 Å². The minimum Gasteiger partial charge on any atom is -0.352 e. The van der Waals surface area contributed by atoms with Crippen LogP contribution in [0.25, 0.3) is 0 Å². The van der Waals surface area contributed by atoms with E-state index in [9.17, 15) is 17.6 Å². The van der Waals surface area contributed by atoms with Crippen molar-refractivity contribution in [2.24, 2.45) is 11.8 Å². The van der Waals surface area contributed by atoms with Crippen molar-refractivity contribution in [3.05, 3.63) is 65.5 Å². The molecule has 0 radical (unpaired) electrons. The smallest absolute Gasteiger partial charge is 0.251 e. The predicted octanol–water partition coefficient (Wildman–Crippen LogP) is 3.46. The number of halogens is 1. The van der Waals surface area contributed by atoms with Gasteiger partial charge in [-0.2, -0.15) is 4.31 Å². The van der Waals surface area contributed by atoms with Gasteiger partial charge in [0.15, 0.2) is 0 Å². The van der Waals surface area contributed by atoms with E-state index in [0.717, 1.165) is 6.42 Å². The van der Waals surface area contributed by atoms with Crippen molar-refractivity contribution in [3.63, 3.8) is 0 Å². The fourth-order valence-electron chi connectivity index (χ4n) is 3.84. The summed E-state index contributed by atoms with van der Waals surface area (Å²) >= 11 is 0. The molecule has 1 N–H and O–H groups in total. The minimum atomic E-state index is -3.57. The van der Waals surface area contributed by atoms with Gasteiger partial charge in [0.1, 0.15) is 5.82 Å². The maximum Gasteiger partial charge on any atom is 0.251 e. The Balaban J connectivity index is 1.61. The maximum absolute atomic E-state index is 13.6. The minimum absolute atomic E-state index is 0.196. The Hall–Kier alpha value is -2.25. The lowest BCUT2D eigenvalue weighted by atomic mass is 9.94. The van der Waals surface area contributed by atoms with Crippen LogP contribution in [0.15, 0.2) is 53.4 Å². The number of nitrogens with zero attached hydrogens (tertiary/aromatic N) is 1. The molecule has 1 fully saturated rings. The number of rotatable bonds is 6. The molecule has 1 aliphatic rings. The molecular weight excluding hydrogens is 391 g/mol. The van der Waals surface area contributed by atoms with Gasteiger partial charge in [-0.05, 0) is 60.6 Å². The monoisotopic (exact) mass is 418 g/mol. The summed E-state index contributed by atoms with van der Waals surface area (Å²) in [4.78, 5) is 12.5. The second kappa shape index (κ2) is 9.05. The maximum atomic E-state index is 13.6. The van der Waals surface area contributed by atoms with Crippen LogP contribution in [0.1, 0.15) is 36.2 Å². The van der Waals surface area contributed by atoms with Crippen molar-refractivity contribution in [2.75, 3.05) is 19.6 Å². The fraction of sp³-hybridized carbons (Fsp3) is 0.409. The first-order valence-electron chi connectivity index (χ1n) is 9.89. The van der Waals surface area contributed by atoms with Gasteiger partial charge in [-0.15, -0.1) is 0 Å². The van der Waals surface area contributed by atoms with Crippen molar-refractivity contribution in [1.29, 1.82) is 0 Å². The van der Waals surface area contributed by atoms with Crippen LogP contribution in [0, 0.1) is 17.7 Å². The van der Waals surface area contributed by atoms with Crippen LogP contribution in [0.4, 0.5) is 4.39 Å². The van der Waals surface area contributed by atoms with E-state index in [1.54, 1.807) is 18.2 Å². The lowest BCUT2D eigenvalue weighted by Gasteiger charge is -2.34. The van der Waals surface area contributed by atoms with Crippen molar-refractivity contribution in [3.8, 4) is 0 Å². The average Bonchev–Trinajstić information content (AvgIpc) is 2.68. The zero-order valence-corrected chi connectivity index (χ0v) is 17.6. The Morgan fingerprint density at radius 1 is 1.07 bits per heavy atom. The Morgan fingerprint density at radius 2 is 1.69 bits per heavy atom. The third-order valence-electron chi connectivity index (χ3n) is 5.23. The van der Waals surface area contributed by atoms with Crippen LogP contribution in [0.3, 0.4) is 0 Å². The lowest BCUT2D eigenvalue weighted by Crippen LogP contribution is -2.42. The topological polar surface area (TPSA) is 66.5 Å². The number of hydrogen-bond donors (Lipinski definition) is 1. The third-order valence-corrected chi connectivity index (χ3v) is 7.07. The zero-order valence-electron chi connectivity index (χ0n) is 16.8. The molecule has 1 aliphatic heterocycles. The molecule has 2 aromatic carbocycles. The van der Waals surface area contributed by atoms with Crippen molar-refractivity contribution >= 4 is 15.9 Å². The number of hydrogen-bond acceptors (Lipinski definition) is 3. The summed E-state index contributed by atoms with van der Waals surface area (Å²) in [6, 6.07) is 12.4. The highest BCUT2D eigenvalue weighted by Crippen LogP contribution is 2.26. The standard InChI is InChI=1S/C22H27FN2O3S/c1-16-13-17(2)15-25(14-16)29(27,28)20-9-7-19(8-10-20)22(26)24-12-11-18-5-3-4-6-21(18)23/h3-10,16-17H,11-15H2,1-2H3,(H,24,26). The van der Waals surface area contributed by atoms with Crippen LogP contribution in [0.2, 0.25) is 0 Å². The van der Waals surface area contributed by atoms with Gasteiger partial charge in [0, 0.05) is 25.2 Å². The van der Waals surface area contributed by atoms with E-state index in [4.69, 9.17) is 0 Å². The molecule has 0 aliphatic carbocycles. The van der Waals surface area contributed by atoms with Crippen LogP contribution in [-0.4, -0.2) is 38.3 Å². The van der Waals surface area contributed by atoms with Gasteiger partial charge in [-0.25, -0.2) is 12.8 Å². The van der Waals surface area contributed by atoms with Crippen LogP contribution >= 0.6 is 0 Å². The molecule has 156 valence electrons. The van der Waals surface area contributed by atoms with E-state index in [1.165, 1.54) is 34.6 Å². The summed E-state index contributed by atoms with van der Waals surface area (Å²) in [5.41, 5.74) is 0.914. The number of sulfonamides is 1. The van der Waals surface area contributed by atoms with Gasteiger partial charge in [0.05, 0.1) is 4.90 Å². The quantitative estimate of drug-likeness (QED) is 0.781. The van der Waals surface area contributed by atoms with Gasteiger partial charge in [-0.1, -0.05) is 32.0 Å². The normalized spacial score (nSPS) is 20.4. The first kappa shape index (κ1) is 21.5. The molecule has 1 amide bonds. The van der Waals surface area contributed by atoms with Gasteiger partial charge in [0.2, 0.25) is 10.0 Å². The Bertz CT molecular complexity index is 950. The molecule has 7 heteroatoms. The molecule has 2 unspecified atom stereocenters. The molecular formula is C22H27FN2O3S. The van der Waals surface area contributed by atoms with Crippen LogP contribution in [-0.2, 0) is 16.4 Å². The van der Waals surface area contributed by atoms with E-state index in [2.05, 4.69) is 19.2 Å². The lowest BCUT2D eigenvalue weighted by molar-refractivity contribution is 0.0954. The number of amides is 1. The molecule has 0 spiro atoms. The summed E-state index contributed by atoms with van der Waals surface area (Å²) in [5, 5.41) is 2.74. The van der Waals surface area contributed by atoms with Crippen LogP contribution in [0.5, 0.6) is 0 Å². The number of nitrogens with one attached hydrogen (secondary N) is 1. The average molecular weight is 419 g/mol. The highest BCUT2D eigenvalue weighted by atomic mass is 32.2. The number of carbonyl (C=O) groups excluding carboxylic acids is 1. The second-order valence-corrected chi connectivity index (χ2v) is 9.83. The van der Waals surface area contributed by atoms with E-state index >= 15 is 0 Å². The molecule has 5 nitrogen and oxygen atoms in total. The van der Waals surface area contributed by atoms with Gasteiger partial charge in [-0.3, -0.25) is 4.79 Å². The number of carbonyl (C=O) groups is 1. The summed E-state index contributed by atoms with van der Waals surface area (Å²) in [6.45, 7) is 5.46. The molecule has 1 heterocycles. The first-order chi connectivity index (χ1) is 13.8. The predicted molar refractivity (Wildman–Crippen MR) is 111 cm³/mol. The Morgan fingerprint density at radius 3 is 2.31 bits per heavy atom. The molecule has 1 saturated heterocycles. The van der Waals surface area contributed by atoms with Crippen molar-refractivity contribution < 1.29 is 17.6 Å². The van der Waals surface area contributed by atoms with Gasteiger partial charge >= 0.3 is 0 Å². The highest BCUT2D eigenvalue weighted by Gasteiger charge is 2.31. The van der Waals surface area contributed by atoms with E-state index in [0.29, 0.717) is 49.0 Å². The Kier molecular flexibility index (Phi) is 6.70. The molecule has 2 atom stereocenters. The zero-order chi connectivity index (χ0) is 21.0. The summed E-state index contributed by atoms with van der Waals surface area (Å²) < 4.78 is 41.0. The molecule has 0 aromatic heterocycles.